The van der Waals surface area contributed by atoms with E-state index in [2.05, 4.69) is 113 Å². The van der Waals surface area contributed by atoms with Gasteiger partial charge in [-0.05, 0) is 56.5 Å². The lowest BCUT2D eigenvalue weighted by Crippen LogP contribution is -2.75. The number of fused-ring (bicyclic) bond motifs is 3. The third kappa shape index (κ3) is 4.64. The van der Waals surface area contributed by atoms with Crippen LogP contribution < -0.4 is 20.7 Å². The Morgan fingerprint density at radius 2 is 1.10 bits per heavy atom. The average Bonchev–Trinajstić information content (AvgIpc) is 3.52. The van der Waals surface area contributed by atoms with Crippen molar-refractivity contribution in [3.05, 3.63) is 192 Å². The van der Waals surface area contributed by atoms with E-state index in [1.165, 1.54) is 0 Å². The predicted octanol–water partition coefficient (Wildman–Crippen LogP) is 8.12. The van der Waals surface area contributed by atoms with Gasteiger partial charge in [-0.15, -0.1) is 0 Å². The van der Waals surface area contributed by atoms with Crippen LogP contribution in [0.1, 0.15) is 11.1 Å². The molecule has 0 aliphatic carbocycles. The summed E-state index contributed by atoms with van der Waals surface area (Å²) in [7, 11) is -3.11. The summed E-state index contributed by atoms with van der Waals surface area (Å²) in [4.78, 5) is 3.70. The number of hydrogen-bond donors (Lipinski definition) is 0. The predicted molar refractivity (Wildman–Crippen MR) is 206 cm³/mol. The first kappa shape index (κ1) is 30.4. The van der Waals surface area contributed by atoms with Crippen LogP contribution in [0.15, 0.2) is 170 Å². The summed E-state index contributed by atoms with van der Waals surface area (Å²) < 4.78 is 2.19. The maximum Gasteiger partial charge on any atom is 0.188 e. The second-order valence-corrected chi connectivity index (χ2v) is 15.9. The van der Waals surface area contributed by atoms with E-state index in [-0.39, 0.29) is 0 Å². The smallest absolute Gasteiger partial charge is 0.188 e. The van der Waals surface area contributed by atoms with Gasteiger partial charge in [0.1, 0.15) is 0 Å². The van der Waals surface area contributed by atoms with E-state index in [0.29, 0.717) is 22.4 Å². The third-order valence-electron chi connectivity index (χ3n) is 9.66. The lowest BCUT2D eigenvalue weighted by Gasteiger charge is -2.35. The van der Waals surface area contributed by atoms with Gasteiger partial charge in [-0.2, -0.15) is 10.5 Å². The van der Waals surface area contributed by atoms with Gasteiger partial charge in [-0.3, -0.25) is 0 Å². The first-order valence-corrected chi connectivity index (χ1v) is 18.4. The van der Waals surface area contributed by atoms with Gasteiger partial charge in [0.2, 0.25) is 0 Å². The number of para-hydroxylation sites is 2. The van der Waals surface area contributed by atoms with Gasteiger partial charge in [0.15, 0.2) is 13.8 Å². The van der Waals surface area contributed by atoms with E-state index in [0.717, 1.165) is 53.8 Å². The highest BCUT2D eigenvalue weighted by atomic mass is 28.3. The Balaban J connectivity index is 1.51. The van der Waals surface area contributed by atoms with Crippen LogP contribution in [0.2, 0.25) is 0 Å². The Labute approximate surface area is 291 Å². The van der Waals surface area contributed by atoms with Gasteiger partial charge < -0.3 is 4.57 Å². The zero-order valence-corrected chi connectivity index (χ0v) is 28.0. The lowest BCUT2D eigenvalue weighted by atomic mass is 9.93. The largest absolute Gasteiger partial charge is 0.309 e. The van der Waals surface area contributed by atoms with E-state index in [1.807, 2.05) is 78.9 Å². The Hall–Kier alpha value is -6.97. The van der Waals surface area contributed by atoms with Crippen LogP contribution in [-0.2, 0) is 0 Å². The summed E-state index contributed by atoms with van der Waals surface area (Å²) in [6.45, 7) is 7.65. The van der Waals surface area contributed by atoms with E-state index < -0.39 is 8.07 Å². The summed E-state index contributed by atoms with van der Waals surface area (Å²) in [5.41, 5.74) is 5.69. The first-order valence-electron chi connectivity index (χ1n) is 16.4. The Kier molecular flexibility index (Phi) is 7.63. The molecule has 0 aliphatic heterocycles. The molecule has 0 spiro atoms. The third-order valence-corrected chi connectivity index (χ3v) is 14.5. The number of nitriles is 2. The molecular formula is C45H28N4Si. The van der Waals surface area contributed by atoms with Gasteiger partial charge in [-0.1, -0.05) is 140 Å². The zero-order valence-electron chi connectivity index (χ0n) is 27.0. The molecule has 0 atom stereocenters. The number of hydrogen-bond acceptors (Lipinski definition) is 2. The second-order valence-electron chi connectivity index (χ2n) is 12.2. The van der Waals surface area contributed by atoms with Crippen LogP contribution in [0.3, 0.4) is 0 Å². The molecule has 50 heavy (non-hydrogen) atoms. The molecule has 0 saturated carbocycles. The zero-order chi connectivity index (χ0) is 34.1. The van der Waals surface area contributed by atoms with Crippen molar-refractivity contribution in [1.29, 1.82) is 10.5 Å². The van der Waals surface area contributed by atoms with Gasteiger partial charge in [0.25, 0.3) is 0 Å². The molecule has 1 heterocycles. The Morgan fingerprint density at radius 1 is 0.540 bits per heavy atom. The first-order chi connectivity index (χ1) is 24.7. The molecule has 8 aromatic rings. The van der Waals surface area contributed by atoms with Crippen molar-refractivity contribution in [2.45, 2.75) is 0 Å². The van der Waals surface area contributed by atoms with Crippen LogP contribution in [0.5, 0.6) is 0 Å². The fourth-order valence-corrected chi connectivity index (χ4v) is 12.5. The van der Waals surface area contributed by atoms with Crippen molar-refractivity contribution in [2.24, 2.45) is 0 Å². The Morgan fingerprint density at radius 3 is 1.70 bits per heavy atom. The van der Waals surface area contributed by atoms with Crippen molar-refractivity contribution in [2.75, 3.05) is 0 Å². The highest BCUT2D eigenvalue weighted by molar-refractivity contribution is 7.20. The van der Waals surface area contributed by atoms with E-state index in [9.17, 15) is 10.5 Å². The molecule has 232 valence electrons. The SMILES string of the molecule is [C-]#[N+]c1ccc2c(c1)c1ccccc1n2-c1ccccc1-c1c(C#N)ccc([Si](c2ccccc2)(c2ccccc2)c2ccccc2)c1C#N. The molecule has 0 saturated heterocycles. The topological polar surface area (TPSA) is 56.9 Å². The molecule has 4 nitrogen and oxygen atoms in total. The molecule has 0 amide bonds. The summed E-state index contributed by atoms with van der Waals surface area (Å²) in [5, 5.41) is 28.4. The van der Waals surface area contributed by atoms with Crippen molar-refractivity contribution >= 4 is 56.3 Å². The van der Waals surface area contributed by atoms with Gasteiger partial charge in [-0.25, -0.2) is 4.85 Å². The van der Waals surface area contributed by atoms with Crippen molar-refractivity contribution in [3.8, 4) is 29.0 Å². The number of rotatable bonds is 6. The molecule has 1 aromatic heterocycles. The monoisotopic (exact) mass is 652 g/mol. The van der Waals surface area contributed by atoms with Crippen molar-refractivity contribution < 1.29 is 0 Å². The van der Waals surface area contributed by atoms with Crippen LogP contribution in [0.25, 0.3) is 43.5 Å². The van der Waals surface area contributed by atoms with Crippen molar-refractivity contribution in [3.63, 3.8) is 0 Å². The van der Waals surface area contributed by atoms with Crippen LogP contribution in [0.4, 0.5) is 5.69 Å². The fraction of sp³-hybridized carbons (Fsp3) is 0. The minimum atomic E-state index is -3.11. The fourth-order valence-electron chi connectivity index (χ4n) is 7.61. The number of benzene rings is 7. The van der Waals surface area contributed by atoms with E-state index in [4.69, 9.17) is 6.57 Å². The number of nitrogens with zero attached hydrogens (tertiary/aromatic N) is 4. The molecule has 0 bridgehead atoms. The number of aromatic nitrogens is 1. The molecule has 0 radical (unpaired) electrons. The highest BCUT2D eigenvalue weighted by Crippen LogP contribution is 2.39. The van der Waals surface area contributed by atoms with Crippen LogP contribution >= 0.6 is 0 Å². The molecule has 5 heteroatoms. The van der Waals surface area contributed by atoms with E-state index >= 15 is 0 Å². The molecule has 7 aromatic carbocycles. The van der Waals surface area contributed by atoms with E-state index in [1.54, 1.807) is 0 Å². The summed E-state index contributed by atoms with van der Waals surface area (Å²) >= 11 is 0. The van der Waals surface area contributed by atoms with Gasteiger partial charge in [0, 0.05) is 16.5 Å². The summed E-state index contributed by atoms with van der Waals surface area (Å²) in [6.07, 6.45) is 0. The van der Waals surface area contributed by atoms with Crippen LogP contribution in [0, 0.1) is 29.2 Å². The van der Waals surface area contributed by atoms with Gasteiger partial charge in [0.05, 0.1) is 46.6 Å². The minimum Gasteiger partial charge on any atom is -0.309 e. The maximum absolute atomic E-state index is 11.3. The summed E-state index contributed by atoms with van der Waals surface area (Å²) in [6, 6.07) is 62.5. The summed E-state index contributed by atoms with van der Waals surface area (Å²) in [5.74, 6) is 0. The molecule has 0 fully saturated rings. The average molecular weight is 653 g/mol. The molecule has 0 N–H and O–H groups in total. The minimum absolute atomic E-state index is 0.436. The normalized spacial score (nSPS) is 11.1. The standard InChI is InChI=1S/C45H28N4Si/c1-48-33-26-27-43-39(29-33)37-21-11-13-23-41(37)49(43)42-24-14-12-22-38(42)45-32(30-46)25-28-44(40(45)31-47)50(34-15-5-2-6-16-34,35-17-7-3-8-18-35)36-19-9-4-10-20-36/h2-29H. The molecule has 0 aliphatic rings. The quantitative estimate of drug-likeness (QED) is 0.104. The molecule has 8 rings (SSSR count). The van der Waals surface area contributed by atoms with Gasteiger partial charge >= 0.3 is 0 Å². The van der Waals surface area contributed by atoms with Crippen LogP contribution in [-0.4, -0.2) is 12.6 Å². The Bertz CT molecular complexity index is 2580. The highest BCUT2D eigenvalue weighted by Gasteiger charge is 2.44. The maximum atomic E-state index is 11.3. The molecular weight excluding hydrogens is 625 g/mol. The van der Waals surface area contributed by atoms with Crippen molar-refractivity contribution in [1.82, 2.24) is 4.57 Å². The molecule has 0 unspecified atom stereocenters. The second kappa shape index (κ2) is 12.6. The lowest BCUT2D eigenvalue weighted by molar-refractivity contribution is 1.18.